The lowest BCUT2D eigenvalue weighted by Gasteiger charge is -2.05. The normalized spacial score (nSPS) is 11.3. The van der Waals surface area contributed by atoms with Crippen molar-refractivity contribution in [1.82, 2.24) is 15.0 Å². The van der Waals surface area contributed by atoms with Crippen LogP contribution in [0.15, 0.2) is 40.6 Å². The molecule has 0 spiro atoms. The first kappa shape index (κ1) is 13.7. The number of rotatable bonds is 2. The third-order valence-corrected chi connectivity index (χ3v) is 2.97. The number of aromatic nitrogens is 3. The van der Waals surface area contributed by atoms with E-state index in [4.69, 9.17) is 5.73 Å². The Morgan fingerprint density at radius 1 is 0.955 bits per heavy atom. The Kier molecular flexibility index (Phi) is 3.26. The number of hydrogen-bond donors (Lipinski definition) is 3. The molecule has 0 fully saturated rings. The second-order valence-electron chi connectivity index (χ2n) is 4.54. The third-order valence-electron chi connectivity index (χ3n) is 2.97. The van der Waals surface area contributed by atoms with E-state index in [1.807, 2.05) is 0 Å². The van der Waals surface area contributed by atoms with Gasteiger partial charge in [0.15, 0.2) is 0 Å². The van der Waals surface area contributed by atoms with Gasteiger partial charge in [-0.15, -0.1) is 10.2 Å². The molecule has 0 saturated heterocycles. The smallest absolute Gasteiger partial charge is 0.273 e. The predicted molar refractivity (Wildman–Crippen MR) is 80.4 cm³/mol. The Labute approximate surface area is 125 Å². The van der Waals surface area contributed by atoms with Gasteiger partial charge in [-0.2, -0.15) is 15.0 Å². The fraction of sp³-hybridized carbons (Fsp3) is 0.0714. The number of nitrogen functional groups attached to an aromatic ring is 1. The van der Waals surface area contributed by atoms with Crippen molar-refractivity contribution in [3.8, 4) is 11.5 Å². The molecule has 8 nitrogen and oxygen atoms in total. The van der Waals surface area contributed by atoms with Crippen LogP contribution < -0.4 is 5.73 Å². The van der Waals surface area contributed by atoms with Crippen LogP contribution in [0.25, 0.3) is 10.8 Å². The van der Waals surface area contributed by atoms with E-state index in [-0.39, 0.29) is 23.4 Å². The maximum atomic E-state index is 9.99. The summed E-state index contributed by atoms with van der Waals surface area (Å²) in [6.45, 7) is 1.67. The monoisotopic (exact) mass is 296 g/mol. The molecule has 0 radical (unpaired) electrons. The van der Waals surface area contributed by atoms with Crippen LogP contribution in [0.1, 0.15) is 5.82 Å². The molecule has 8 heteroatoms. The number of phenolic OH excluding ortho intramolecular Hbond substituents is 2. The van der Waals surface area contributed by atoms with E-state index in [1.165, 1.54) is 18.2 Å². The van der Waals surface area contributed by atoms with E-state index in [1.54, 1.807) is 19.1 Å². The molecule has 0 atom stereocenters. The van der Waals surface area contributed by atoms with Gasteiger partial charge in [0.1, 0.15) is 17.3 Å². The van der Waals surface area contributed by atoms with Gasteiger partial charge in [0.05, 0.1) is 11.1 Å². The molecular formula is C14H12N6O2. The lowest BCUT2D eigenvalue weighted by Crippen LogP contribution is -1.98. The number of anilines is 1. The number of nitrogens with zero attached hydrogens (tertiary/aromatic N) is 5. The van der Waals surface area contributed by atoms with Crippen LogP contribution in [0.2, 0.25) is 0 Å². The van der Waals surface area contributed by atoms with Crippen molar-refractivity contribution in [2.45, 2.75) is 6.92 Å². The summed E-state index contributed by atoms with van der Waals surface area (Å²) in [6, 6.07) is 7.83. The molecule has 2 aromatic carbocycles. The van der Waals surface area contributed by atoms with Gasteiger partial charge in [-0.25, -0.2) is 0 Å². The number of fused-ring (bicyclic) bond motifs is 1. The summed E-state index contributed by atoms with van der Waals surface area (Å²) < 4.78 is 0. The van der Waals surface area contributed by atoms with Gasteiger partial charge in [0.25, 0.3) is 5.95 Å². The zero-order valence-corrected chi connectivity index (χ0v) is 11.6. The maximum absolute atomic E-state index is 9.99. The fourth-order valence-corrected chi connectivity index (χ4v) is 2.07. The van der Waals surface area contributed by atoms with Gasteiger partial charge in [0.2, 0.25) is 5.95 Å². The fourth-order valence-electron chi connectivity index (χ4n) is 2.07. The second-order valence-corrected chi connectivity index (χ2v) is 4.54. The molecule has 4 N–H and O–H groups in total. The van der Waals surface area contributed by atoms with Crippen LogP contribution >= 0.6 is 0 Å². The van der Waals surface area contributed by atoms with Gasteiger partial charge in [-0.3, -0.25) is 0 Å². The Balaban J connectivity index is 2.11. The molecule has 0 aliphatic carbocycles. The SMILES string of the molecule is Cc1nc(N)nc(N=Nc2ccc(O)c3cccc(O)c23)n1. The first-order chi connectivity index (χ1) is 10.5. The molecule has 0 aliphatic rings. The summed E-state index contributed by atoms with van der Waals surface area (Å²) >= 11 is 0. The zero-order valence-electron chi connectivity index (χ0n) is 11.6. The molecule has 110 valence electrons. The predicted octanol–water partition coefficient (Wildman–Crippen LogP) is 2.74. The van der Waals surface area contributed by atoms with E-state index >= 15 is 0 Å². The highest BCUT2D eigenvalue weighted by Crippen LogP contribution is 2.38. The molecule has 3 rings (SSSR count). The Bertz CT molecular complexity index is 874. The van der Waals surface area contributed by atoms with Crippen molar-refractivity contribution in [2.75, 3.05) is 5.73 Å². The molecule has 3 aromatic rings. The molecule has 0 aliphatic heterocycles. The Hall–Kier alpha value is -3.29. The van der Waals surface area contributed by atoms with Gasteiger partial charge in [-0.05, 0) is 25.1 Å². The number of phenols is 2. The number of azo groups is 1. The van der Waals surface area contributed by atoms with Crippen molar-refractivity contribution >= 4 is 28.4 Å². The first-order valence-electron chi connectivity index (χ1n) is 6.38. The second kappa shape index (κ2) is 5.24. The van der Waals surface area contributed by atoms with E-state index in [9.17, 15) is 10.2 Å². The molecule has 0 unspecified atom stereocenters. The lowest BCUT2D eigenvalue weighted by atomic mass is 10.1. The topological polar surface area (TPSA) is 130 Å². The third kappa shape index (κ3) is 2.49. The highest BCUT2D eigenvalue weighted by Gasteiger charge is 2.09. The minimum Gasteiger partial charge on any atom is -0.507 e. The van der Waals surface area contributed by atoms with Gasteiger partial charge < -0.3 is 15.9 Å². The average molecular weight is 296 g/mol. The van der Waals surface area contributed by atoms with E-state index in [0.29, 0.717) is 22.3 Å². The van der Waals surface area contributed by atoms with Crippen LogP contribution in [0.3, 0.4) is 0 Å². The van der Waals surface area contributed by atoms with Crippen LogP contribution in [0, 0.1) is 6.92 Å². The minimum absolute atomic E-state index is 0.00584. The van der Waals surface area contributed by atoms with E-state index in [0.717, 1.165) is 0 Å². The van der Waals surface area contributed by atoms with Crippen molar-refractivity contribution in [2.24, 2.45) is 10.2 Å². The Morgan fingerprint density at radius 3 is 2.55 bits per heavy atom. The summed E-state index contributed by atoms with van der Waals surface area (Å²) in [5.41, 5.74) is 5.90. The highest BCUT2D eigenvalue weighted by molar-refractivity contribution is 6.00. The average Bonchev–Trinajstić information content (AvgIpc) is 2.46. The van der Waals surface area contributed by atoms with Gasteiger partial charge >= 0.3 is 0 Å². The molecule has 0 bridgehead atoms. The highest BCUT2D eigenvalue weighted by atomic mass is 16.3. The quantitative estimate of drug-likeness (QED) is 0.623. The van der Waals surface area contributed by atoms with E-state index in [2.05, 4.69) is 25.2 Å². The Morgan fingerprint density at radius 2 is 1.77 bits per heavy atom. The number of nitrogens with two attached hydrogens (primary N) is 1. The summed E-state index contributed by atoms with van der Waals surface area (Å²) in [5, 5.41) is 28.6. The zero-order chi connectivity index (χ0) is 15.7. The van der Waals surface area contributed by atoms with Crippen LogP contribution in [0.4, 0.5) is 17.6 Å². The van der Waals surface area contributed by atoms with Crippen molar-refractivity contribution in [3.63, 3.8) is 0 Å². The summed E-state index contributed by atoms with van der Waals surface area (Å²) in [7, 11) is 0. The number of aryl methyl sites for hydroxylation is 1. The summed E-state index contributed by atoms with van der Waals surface area (Å²) in [6.07, 6.45) is 0. The summed E-state index contributed by atoms with van der Waals surface area (Å²) in [5.74, 6) is 0.597. The van der Waals surface area contributed by atoms with Crippen LogP contribution in [0.5, 0.6) is 11.5 Å². The molecule has 0 saturated carbocycles. The molecule has 22 heavy (non-hydrogen) atoms. The molecule has 1 aromatic heterocycles. The van der Waals surface area contributed by atoms with Crippen molar-refractivity contribution in [3.05, 3.63) is 36.2 Å². The lowest BCUT2D eigenvalue weighted by molar-refractivity contribution is 0.475. The van der Waals surface area contributed by atoms with Gasteiger partial charge in [0, 0.05) is 5.39 Å². The maximum Gasteiger partial charge on any atom is 0.273 e. The van der Waals surface area contributed by atoms with Gasteiger partial charge in [-0.1, -0.05) is 12.1 Å². The summed E-state index contributed by atoms with van der Waals surface area (Å²) in [4.78, 5) is 11.7. The molecule has 1 heterocycles. The van der Waals surface area contributed by atoms with Crippen molar-refractivity contribution < 1.29 is 10.2 Å². The van der Waals surface area contributed by atoms with E-state index < -0.39 is 0 Å². The number of benzene rings is 2. The number of aromatic hydroxyl groups is 2. The van der Waals surface area contributed by atoms with Crippen LogP contribution in [-0.2, 0) is 0 Å². The minimum atomic E-state index is -0.00584. The van der Waals surface area contributed by atoms with Crippen LogP contribution in [-0.4, -0.2) is 25.2 Å². The first-order valence-corrected chi connectivity index (χ1v) is 6.38. The molecular weight excluding hydrogens is 284 g/mol. The number of hydrogen-bond acceptors (Lipinski definition) is 8. The van der Waals surface area contributed by atoms with Crippen molar-refractivity contribution in [1.29, 1.82) is 0 Å². The standard InChI is InChI=1S/C14H12N6O2/c1-7-16-13(15)18-14(17-7)20-19-9-5-6-10(21)8-3-2-4-11(22)12(8)9/h2-6,21-22H,1H3,(H2,15,16,17,18). The molecule has 0 amide bonds. The largest absolute Gasteiger partial charge is 0.507 e.